The Morgan fingerprint density at radius 1 is 1.57 bits per heavy atom. The van der Waals surface area contributed by atoms with Crippen LogP contribution in [0.2, 0.25) is 0 Å². The van der Waals surface area contributed by atoms with Crippen LogP contribution in [0, 0.1) is 0 Å². The molecule has 0 aromatic carbocycles. The molecule has 1 spiro atoms. The average molecular weight is 198 g/mol. The van der Waals surface area contributed by atoms with E-state index in [1.165, 1.54) is 0 Å². The number of nitrogens with one attached hydrogen (secondary N) is 1. The van der Waals surface area contributed by atoms with Gasteiger partial charge in [-0.15, -0.1) is 0 Å². The Morgan fingerprint density at radius 2 is 2.36 bits per heavy atom. The fourth-order valence-corrected chi connectivity index (χ4v) is 1.99. The molecule has 2 fully saturated rings. The number of amides is 1. The average Bonchev–Trinajstić information content (AvgIpc) is 1.99. The highest BCUT2D eigenvalue weighted by Gasteiger charge is 2.52. The van der Waals surface area contributed by atoms with Crippen molar-refractivity contribution in [2.45, 2.75) is 31.7 Å². The molecule has 4 heteroatoms. The number of ether oxygens (including phenoxy) is 1. The monoisotopic (exact) mass is 198 g/mol. The van der Waals surface area contributed by atoms with Crippen LogP contribution in [-0.2, 0) is 4.74 Å². The highest BCUT2D eigenvalue weighted by molar-refractivity contribution is 5.70. The molecule has 2 aliphatic rings. The minimum absolute atomic E-state index is 0.119. The van der Waals surface area contributed by atoms with Crippen molar-refractivity contribution >= 4 is 6.09 Å². The third kappa shape index (κ3) is 1.47. The molecule has 0 radical (unpaired) electrons. The summed E-state index contributed by atoms with van der Waals surface area (Å²) in [5.41, 5.74) is 0.128. The number of nitrogens with zero attached hydrogens (tertiary/aromatic N) is 1. The quantitative estimate of drug-likeness (QED) is 0.687. The fourth-order valence-electron chi connectivity index (χ4n) is 1.99. The number of carbonyl (C=O) groups is 1. The molecule has 0 saturated carbocycles. The summed E-state index contributed by atoms with van der Waals surface area (Å²) in [5.74, 6) is 0. The molecular formula is C10H18N2O2. The van der Waals surface area contributed by atoms with Crippen molar-refractivity contribution in [2.24, 2.45) is 0 Å². The molecule has 80 valence electrons. The van der Waals surface area contributed by atoms with Crippen molar-refractivity contribution in [3.8, 4) is 0 Å². The van der Waals surface area contributed by atoms with E-state index in [0.29, 0.717) is 6.61 Å². The van der Waals surface area contributed by atoms with Gasteiger partial charge in [0.15, 0.2) is 0 Å². The number of unbranched alkanes of at least 4 members (excludes halogenated alkanes) is 1. The molecule has 0 aromatic heterocycles. The van der Waals surface area contributed by atoms with Gasteiger partial charge in [-0.1, -0.05) is 13.3 Å². The predicted octanol–water partition coefficient (Wildman–Crippen LogP) is 0.971. The summed E-state index contributed by atoms with van der Waals surface area (Å²) in [6.45, 7) is 5.41. The lowest BCUT2D eigenvalue weighted by molar-refractivity contribution is -0.0449. The highest BCUT2D eigenvalue weighted by Crippen LogP contribution is 2.34. The van der Waals surface area contributed by atoms with Crippen molar-refractivity contribution < 1.29 is 9.53 Å². The van der Waals surface area contributed by atoms with Crippen LogP contribution < -0.4 is 5.32 Å². The van der Waals surface area contributed by atoms with Gasteiger partial charge in [-0.05, 0) is 12.8 Å². The van der Waals surface area contributed by atoms with Gasteiger partial charge >= 0.3 is 6.09 Å². The number of hydrogen-bond donors (Lipinski definition) is 1. The van der Waals surface area contributed by atoms with E-state index in [2.05, 4.69) is 12.2 Å². The Hall–Kier alpha value is -0.770. The third-order valence-electron chi connectivity index (χ3n) is 3.23. The van der Waals surface area contributed by atoms with Crippen LogP contribution in [0.5, 0.6) is 0 Å². The van der Waals surface area contributed by atoms with Gasteiger partial charge in [-0.3, -0.25) is 4.90 Å². The Bertz CT molecular complexity index is 221. The second-order valence-corrected chi connectivity index (χ2v) is 4.20. The van der Waals surface area contributed by atoms with E-state index < -0.39 is 0 Å². The lowest BCUT2D eigenvalue weighted by Gasteiger charge is -2.57. The topological polar surface area (TPSA) is 41.6 Å². The van der Waals surface area contributed by atoms with E-state index in [4.69, 9.17) is 4.74 Å². The molecule has 2 heterocycles. The largest absolute Gasteiger partial charge is 0.449 e. The Labute approximate surface area is 84.6 Å². The molecule has 2 rings (SSSR count). The summed E-state index contributed by atoms with van der Waals surface area (Å²) in [4.78, 5) is 13.5. The zero-order chi connectivity index (χ0) is 10.0. The minimum Gasteiger partial charge on any atom is -0.449 e. The zero-order valence-corrected chi connectivity index (χ0v) is 8.71. The Morgan fingerprint density at radius 3 is 2.79 bits per heavy atom. The van der Waals surface area contributed by atoms with Crippen LogP contribution in [0.25, 0.3) is 0 Å². The first-order valence-corrected chi connectivity index (χ1v) is 5.44. The molecule has 1 N–H and O–H groups in total. The van der Waals surface area contributed by atoms with E-state index in [0.717, 1.165) is 38.9 Å². The summed E-state index contributed by atoms with van der Waals surface area (Å²) in [7, 11) is 0. The van der Waals surface area contributed by atoms with Gasteiger partial charge in [0.2, 0.25) is 0 Å². The molecule has 1 amide bonds. The van der Waals surface area contributed by atoms with Crippen molar-refractivity contribution in [3.05, 3.63) is 0 Å². The maximum atomic E-state index is 11.6. The minimum atomic E-state index is -0.119. The van der Waals surface area contributed by atoms with Crippen LogP contribution in [0.15, 0.2) is 0 Å². The molecule has 2 saturated heterocycles. The summed E-state index contributed by atoms with van der Waals surface area (Å²) < 4.78 is 5.18. The Balaban J connectivity index is 1.75. The molecule has 2 aliphatic heterocycles. The second kappa shape index (κ2) is 3.77. The first-order chi connectivity index (χ1) is 6.78. The normalized spacial score (nSPS) is 22.8. The summed E-state index contributed by atoms with van der Waals surface area (Å²) >= 11 is 0. The molecular weight excluding hydrogens is 180 g/mol. The summed E-state index contributed by atoms with van der Waals surface area (Å²) in [5, 5.41) is 3.21. The number of rotatable bonds is 3. The second-order valence-electron chi connectivity index (χ2n) is 4.20. The molecule has 4 nitrogen and oxygen atoms in total. The van der Waals surface area contributed by atoms with Gasteiger partial charge in [0.1, 0.15) is 0 Å². The number of hydrogen-bond acceptors (Lipinski definition) is 3. The molecule has 14 heavy (non-hydrogen) atoms. The van der Waals surface area contributed by atoms with E-state index >= 15 is 0 Å². The van der Waals surface area contributed by atoms with E-state index in [-0.39, 0.29) is 11.6 Å². The number of carbonyl (C=O) groups excluding carboxylic acids is 1. The molecule has 0 aromatic rings. The Kier molecular flexibility index (Phi) is 2.63. The van der Waals surface area contributed by atoms with Crippen molar-refractivity contribution in [2.75, 3.05) is 26.2 Å². The highest BCUT2D eigenvalue weighted by atomic mass is 16.6. The first kappa shape index (κ1) is 9.77. The molecule has 0 bridgehead atoms. The summed E-state index contributed by atoms with van der Waals surface area (Å²) in [6.07, 6.45) is 3.04. The van der Waals surface area contributed by atoms with Gasteiger partial charge in [-0.2, -0.15) is 0 Å². The van der Waals surface area contributed by atoms with Crippen molar-refractivity contribution in [3.63, 3.8) is 0 Å². The predicted molar refractivity (Wildman–Crippen MR) is 53.2 cm³/mol. The van der Waals surface area contributed by atoms with Gasteiger partial charge in [0.05, 0.1) is 12.1 Å². The fraction of sp³-hybridized carbons (Fsp3) is 0.900. The van der Waals surface area contributed by atoms with Crippen LogP contribution in [0.3, 0.4) is 0 Å². The van der Waals surface area contributed by atoms with E-state index in [1.54, 1.807) is 0 Å². The van der Waals surface area contributed by atoms with Crippen LogP contribution >= 0.6 is 0 Å². The smallest absolute Gasteiger partial charge is 0.410 e. The van der Waals surface area contributed by atoms with Gasteiger partial charge in [0.25, 0.3) is 0 Å². The first-order valence-electron chi connectivity index (χ1n) is 5.44. The van der Waals surface area contributed by atoms with Gasteiger partial charge in [-0.25, -0.2) is 4.79 Å². The third-order valence-corrected chi connectivity index (χ3v) is 3.23. The van der Waals surface area contributed by atoms with Crippen molar-refractivity contribution in [1.29, 1.82) is 0 Å². The lowest BCUT2D eigenvalue weighted by atomic mass is 9.80. The van der Waals surface area contributed by atoms with Gasteiger partial charge in [0, 0.05) is 19.6 Å². The summed E-state index contributed by atoms with van der Waals surface area (Å²) in [6, 6.07) is 0. The van der Waals surface area contributed by atoms with E-state index in [9.17, 15) is 4.79 Å². The van der Waals surface area contributed by atoms with Gasteiger partial charge < -0.3 is 10.1 Å². The van der Waals surface area contributed by atoms with Crippen LogP contribution in [-0.4, -0.2) is 42.8 Å². The molecule has 0 aliphatic carbocycles. The van der Waals surface area contributed by atoms with Crippen LogP contribution in [0.1, 0.15) is 26.2 Å². The molecule has 0 unspecified atom stereocenters. The maximum Gasteiger partial charge on any atom is 0.410 e. The maximum absolute atomic E-state index is 11.6. The van der Waals surface area contributed by atoms with Crippen LogP contribution in [0.4, 0.5) is 4.79 Å². The number of likely N-dealkylation sites (tertiary alicyclic amines) is 1. The zero-order valence-electron chi connectivity index (χ0n) is 8.71. The lowest BCUT2D eigenvalue weighted by Crippen LogP contribution is -2.77. The SMILES string of the molecule is CCCCOC(=O)N1CCC12CNC2. The van der Waals surface area contributed by atoms with Crippen molar-refractivity contribution in [1.82, 2.24) is 10.2 Å². The molecule has 0 atom stereocenters. The standard InChI is InChI=1S/C10H18N2O2/c1-2-3-6-14-9(13)12-5-4-10(12)7-11-8-10/h11H,2-8H2,1H3. The van der Waals surface area contributed by atoms with E-state index in [1.807, 2.05) is 4.90 Å².